The summed E-state index contributed by atoms with van der Waals surface area (Å²) in [6, 6.07) is 6.90. The van der Waals surface area contributed by atoms with Gasteiger partial charge in [-0.1, -0.05) is 12.1 Å². The minimum absolute atomic E-state index is 0.219. The number of piperidine rings is 1. The normalized spacial score (nSPS) is 20.5. The molecular weight excluding hydrogens is 283 g/mol. The van der Waals surface area contributed by atoms with Crippen LogP contribution in [0.25, 0.3) is 0 Å². The number of carbonyl (C=O) groups excluding carboxylic acids is 1. The van der Waals surface area contributed by atoms with Crippen LogP contribution in [0.4, 0.5) is 14.9 Å². The first-order valence-electron chi connectivity index (χ1n) is 7.74. The lowest BCUT2D eigenvalue weighted by atomic mass is 9.89. The molecule has 1 saturated heterocycles. The number of rotatable bonds is 2. The van der Waals surface area contributed by atoms with Gasteiger partial charge < -0.3 is 15.4 Å². The second-order valence-corrected chi connectivity index (χ2v) is 6.90. The molecule has 0 aliphatic carbocycles. The van der Waals surface area contributed by atoms with E-state index in [0.29, 0.717) is 24.3 Å². The second kappa shape index (κ2) is 6.55. The summed E-state index contributed by atoms with van der Waals surface area (Å²) in [5.74, 6) is -0.219. The zero-order chi connectivity index (χ0) is 16.3. The van der Waals surface area contributed by atoms with Crippen molar-refractivity contribution in [3.05, 3.63) is 29.8 Å². The van der Waals surface area contributed by atoms with Gasteiger partial charge in [-0.05, 0) is 51.3 Å². The van der Waals surface area contributed by atoms with Crippen LogP contribution in [0.3, 0.4) is 0 Å². The molecule has 1 aromatic rings. The van der Waals surface area contributed by atoms with Crippen LogP contribution < -0.4 is 5.73 Å². The van der Waals surface area contributed by atoms with Gasteiger partial charge in [-0.2, -0.15) is 0 Å². The lowest BCUT2D eigenvalue weighted by molar-refractivity contribution is 0.0110. The Morgan fingerprint density at radius 2 is 2.18 bits per heavy atom. The number of hydrogen-bond acceptors (Lipinski definition) is 3. The molecule has 2 unspecified atom stereocenters. The number of nitrogens with two attached hydrogens (primary N) is 1. The number of benzene rings is 1. The maximum absolute atomic E-state index is 14.7. The van der Waals surface area contributed by atoms with Crippen molar-refractivity contribution in [2.24, 2.45) is 5.92 Å². The Hall–Kier alpha value is -1.78. The predicted octanol–water partition coefficient (Wildman–Crippen LogP) is 3.93. The number of likely N-dealkylation sites (tertiary alicyclic amines) is 1. The first kappa shape index (κ1) is 16.6. The molecule has 2 N–H and O–H groups in total. The molecule has 4 nitrogen and oxygen atoms in total. The molecular formula is C17H25FN2O2. The molecule has 22 heavy (non-hydrogen) atoms. The van der Waals surface area contributed by atoms with Crippen LogP contribution >= 0.6 is 0 Å². The topological polar surface area (TPSA) is 55.6 Å². The number of halogens is 1. The maximum Gasteiger partial charge on any atom is 0.410 e. The summed E-state index contributed by atoms with van der Waals surface area (Å²) >= 11 is 0. The highest BCUT2D eigenvalue weighted by atomic mass is 19.1. The molecule has 1 amide bonds. The van der Waals surface area contributed by atoms with Crippen molar-refractivity contribution in [2.75, 3.05) is 18.8 Å². The highest BCUT2D eigenvalue weighted by Gasteiger charge is 2.32. The van der Waals surface area contributed by atoms with Gasteiger partial charge in [-0.25, -0.2) is 9.18 Å². The molecule has 1 fully saturated rings. The molecule has 122 valence electrons. The summed E-state index contributed by atoms with van der Waals surface area (Å²) in [5.41, 5.74) is 6.32. The summed E-state index contributed by atoms with van der Waals surface area (Å²) in [7, 11) is 0. The van der Waals surface area contributed by atoms with Gasteiger partial charge >= 0.3 is 6.09 Å². The van der Waals surface area contributed by atoms with Crippen LogP contribution in [0.5, 0.6) is 0 Å². The Bertz CT molecular complexity index is 528. The molecule has 0 saturated carbocycles. The van der Waals surface area contributed by atoms with E-state index in [1.807, 2.05) is 20.8 Å². The summed E-state index contributed by atoms with van der Waals surface area (Å²) < 4.78 is 20.1. The van der Waals surface area contributed by atoms with E-state index in [0.717, 1.165) is 12.8 Å². The molecule has 5 heteroatoms. The number of anilines is 1. The van der Waals surface area contributed by atoms with E-state index in [1.54, 1.807) is 29.2 Å². The minimum atomic E-state index is -1.12. The first-order chi connectivity index (χ1) is 10.3. The Kier molecular flexibility index (Phi) is 4.94. The van der Waals surface area contributed by atoms with Gasteiger partial charge in [0.25, 0.3) is 0 Å². The minimum Gasteiger partial charge on any atom is -0.444 e. The van der Waals surface area contributed by atoms with Gasteiger partial charge in [0.05, 0.1) is 0 Å². The Labute approximate surface area is 131 Å². The SMILES string of the molecule is CC(C)(C)OC(=O)N1CCCC(C(F)c2cccc(N)c2)C1. The molecule has 0 spiro atoms. The van der Waals surface area contributed by atoms with E-state index >= 15 is 0 Å². The Morgan fingerprint density at radius 1 is 1.45 bits per heavy atom. The van der Waals surface area contributed by atoms with Crippen LogP contribution in [0.1, 0.15) is 45.3 Å². The molecule has 2 atom stereocenters. The number of alkyl halides is 1. The van der Waals surface area contributed by atoms with Crippen molar-refractivity contribution in [2.45, 2.75) is 45.4 Å². The van der Waals surface area contributed by atoms with E-state index < -0.39 is 11.8 Å². The van der Waals surface area contributed by atoms with Gasteiger partial charge in [0.2, 0.25) is 0 Å². The van der Waals surface area contributed by atoms with Crippen LogP contribution in [0.2, 0.25) is 0 Å². The highest BCUT2D eigenvalue weighted by molar-refractivity contribution is 5.68. The maximum atomic E-state index is 14.7. The summed E-state index contributed by atoms with van der Waals surface area (Å²) in [5, 5.41) is 0. The van der Waals surface area contributed by atoms with Gasteiger partial charge in [0, 0.05) is 24.7 Å². The summed E-state index contributed by atoms with van der Waals surface area (Å²) in [6.07, 6.45) is 0.0627. The van der Waals surface area contributed by atoms with Gasteiger partial charge in [-0.3, -0.25) is 0 Å². The third-order valence-corrected chi connectivity index (χ3v) is 3.75. The summed E-state index contributed by atoms with van der Waals surface area (Å²) in [4.78, 5) is 13.7. The third kappa shape index (κ3) is 4.36. The van der Waals surface area contributed by atoms with E-state index in [4.69, 9.17) is 10.5 Å². The fourth-order valence-corrected chi connectivity index (χ4v) is 2.74. The molecule has 1 aliphatic heterocycles. The fraction of sp³-hybridized carbons (Fsp3) is 0.588. The van der Waals surface area contributed by atoms with Crippen molar-refractivity contribution < 1.29 is 13.9 Å². The molecule has 1 aliphatic rings. The van der Waals surface area contributed by atoms with E-state index in [9.17, 15) is 9.18 Å². The zero-order valence-electron chi connectivity index (χ0n) is 13.5. The van der Waals surface area contributed by atoms with E-state index in [-0.39, 0.29) is 12.0 Å². The zero-order valence-corrected chi connectivity index (χ0v) is 13.5. The molecule has 0 bridgehead atoms. The number of nitrogen functional groups attached to an aromatic ring is 1. The standard InChI is InChI=1S/C17H25FN2O2/c1-17(2,3)22-16(21)20-9-5-7-13(11-20)15(18)12-6-4-8-14(19)10-12/h4,6,8,10,13,15H,5,7,9,11,19H2,1-3H3. The largest absolute Gasteiger partial charge is 0.444 e. The molecule has 1 aromatic carbocycles. The molecule has 2 rings (SSSR count). The monoisotopic (exact) mass is 308 g/mol. The first-order valence-corrected chi connectivity index (χ1v) is 7.74. The number of nitrogens with zero attached hydrogens (tertiary/aromatic N) is 1. The summed E-state index contributed by atoms with van der Waals surface area (Å²) in [6.45, 7) is 6.49. The number of carbonyl (C=O) groups is 1. The number of hydrogen-bond donors (Lipinski definition) is 1. The number of ether oxygens (including phenoxy) is 1. The smallest absolute Gasteiger partial charge is 0.410 e. The van der Waals surface area contributed by atoms with Crippen LogP contribution in [-0.4, -0.2) is 29.7 Å². The van der Waals surface area contributed by atoms with Crippen molar-refractivity contribution in [1.29, 1.82) is 0 Å². The van der Waals surface area contributed by atoms with Crippen molar-refractivity contribution in [1.82, 2.24) is 4.90 Å². The van der Waals surface area contributed by atoms with E-state index in [1.165, 1.54) is 0 Å². The molecule has 1 heterocycles. The van der Waals surface area contributed by atoms with Crippen molar-refractivity contribution in [3.63, 3.8) is 0 Å². The van der Waals surface area contributed by atoms with Crippen molar-refractivity contribution in [3.8, 4) is 0 Å². The lowest BCUT2D eigenvalue weighted by Gasteiger charge is -2.35. The highest BCUT2D eigenvalue weighted by Crippen LogP contribution is 2.34. The average Bonchev–Trinajstić information content (AvgIpc) is 2.45. The molecule has 0 radical (unpaired) electrons. The fourth-order valence-electron chi connectivity index (χ4n) is 2.74. The lowest BCUT2D eigenvalue weighted by Crippen LogP contribution is -2.43. The predicted molar refractivity (Wildman–Crippen MR) is 85.2 cm³/mol. The van der Waals surface area contributed by atoms with Gasteiger partial charge in [0.1, 0.15) is 11.8 Å². The average molecular weight is 308 g/mol. The Balaban J connectivity index is 2.02. The van der Waals surface area contributed by atoms with Crippen LogP contribution in [-0.2, 0) is 4.74 Å². The van der Waals surface area contributed by atoms with E-state index in [2.05, 4.69) is 0 Å². The van der Waals surface area contributed by atoms with Gasteiger partial charge in [0.15, 0.2) is 0 Å². The van der Waals surface area contributed by atoms with Crippen molar-refractivity contribution >= 4 is 11.8 Å². The number of amides is 1. The van der Waals surface area contributed by atoms with Crippen LogP contribution in [0, 0.1) is 5.92 Å². The second-order valence-electron chi connectivity index (χ2n) is 6.90. The quantitative estimate of drug-likeness (QED) is 0.842. The third-order valence-electron chi connectivity index (χ3n) is 3.75. The van der Waals surface area contributed by atoms with Crippen LogP contribution in [0.15, 0.2) is 24.3 Å². The van der Waals surface area contributed by atoms with Gasteiger partial charge in [-0.15, -0.1) is 0 Å². The molecule has 0 aromatic heterocycles. The Morgan fingerprint density at radius 3 is 2.82 bits per heavy atom.